The van der Waals surface area contributed by atoms with Crippen molar-refractivity contribution in [3.05, 3.63) is 65.5 Å². The second kappa shape index (κ2) is 6.66. The van der Waals surface area contributed by atoms with Crippen molar-refractivity contribution in [2.75, 3.05) is 4.90 Å². The molecule has 0 radical (unpaired) electrons. The fourth-order valence-corrected chi connectivity index (χ4v) is 3.08. The van der Waals surface area contributed by atoms with Gasteiger partial charge in [-0.15, -0.1) is 0 Å². The van der Waals surface area contributed by atoms with Crippen molar-refractivity contribution in [3.8, 4) is 0 Å². The number of benzene rings is 2. The summed E-state index contributed by atoms with van der Waals surface area (Å²) in [6, 6.07) is 12.1. The number of rotatable bonds is 2. The van der Waals surface area contributed by atoms with Gasteiger partial charge in [0.2, 0.25) is 0 Å². The van der Waals surface area contributed by atoms with Crippen molar-refractivity contribution in [2.24, 2.45) is 0 Å². The van der Waals surface area contributed by atoms with E-state index in [-0.39, 0.29) is 21.8 Å². The summed E-state index contributed by atoms with van der Waals surface area (Å²) in [6.07, 6.45) is 0. The Morgan fingerprint density at radius 2 is 1.56 bits per heavy atom. The lowest BCUT2D eigenvalue weighted by atomic mass is 9.86. The zero-order chi connectivity index (χ0) is 19.9. The summed E-state index contributed by atoms with van der Waals surface area (Å²) in [5, 5.41) is -0.361. The van der Waals surface area contributed by atoms with E-state index in [2.05, 4.69) is 0 Å². The number of imide groups is 1. The minimum Gasteiger partial charge on any atom is -0.268 e. The third kappa shape index (κ3) is 3.26. The van der Waals surface area contributed by atoms with Crippen LogP contribution in [-0.2, 0) is 15.0 Å². The minimum absolute atomic E-state index is 0.0993. The molecule has 138 valence electrons. The van der Waals surface area contributed by atoms with E-state index in [0.717, 1.165) is 16.5 Å². The summed E-state index contributed by atoms with van der Waals surface area (Å²) in [4.78, 5) is 38.8. The molecule has 1 heterocycles. The second-order valence-corrected chi connectivity index (χ2v) is 7.51. The van der Waals surface area contributed by atoms with E-state index in [9.17, 15) is 18.8 Å². The van der Waals surface area contributed by atoms with Gasteiger partial charge in [-0.3, -0.25) is 14.4 Å². The zero-order valence-corrected chi connectivity index (χ0v) is 15.8. The van der Waals surface area contributed by atoms with Crippen LogP contribution in [-0.4, -0.2) is 27.7 Å². The Labute approximate surface area is 161 Å². The number of para-hydroxylation sites is 1. The highest BCUT2D eigenvalue weighted by atomic mass is 32.1. The number of amides is 3. The number of hydrogen-bond acceptors (Lipinski definition) is 4. The van der Waals surface area contributed by atoms with E-state index in [1.807, 2.05) is 20.8 Å². The molecule has 0 bridgehead atoms. The SMILES string of the molecule is CC(C)(C)c1ccc(C(=O)N2C(=O)C(=O)N(c3ccccc3F)C2=S)cc1. The number of halogens is 1. The highest BCUT2D eigenvalue weighted by Gasteiger charge is 2.46. The van der Waals surface area contributed by atoms with E-state index in [1.165, 1.54) is 18.2 Å². The maximum atomic E-state index is 14.1. The summed E-state index contributed by atoms with van der Waals surface area (Å²) in [7, 11) is 0. The standard InChI is InChI=1S/C20H17FN2O3S/c1-20(2,3)13-10-8-12(9-11-13)16(24)23-18(26)17(25)22(19(23)27)15-7-5-4-6-14(15)21/h4-11H,1-3H3. The molecular weight excluding hydrogens is 367 g/mol. The summed E-state index contributed by atoms with van der Waals surface area (Å²) in [5.74, 6) is -3.61. The first-order valence-electron chi connectivity index (χ1n) is 8.25. The molecule has 3 amide bonds. The number of anilines is 1. The van der Waals surface area contributed by atoms with Gasteiger partial charge >= 0.3 is 11.8 Å². The Balaban J connectivity index is 1.94. The van der Waals surface area contributed by atoms with Crippen molar-refractivity contribution >= 4 is 40.7 Å². The molecule has 0 saturated carbocycles. The van der Waals surface area contributed by atoms with Crippen LogP contribution < -0.4 is 4.90 Å². The molecule has 2 aromatic rings. The summed E-state index contributed by atoms with van der Waals surface area (Å²) >= 11 is 5.14. The number of nitrogens with zero attached hydrogens (tertiary/aromatic N) is 2. The minimum atomic E-state index is -1.10. The lowest BCUT2D eigenvalue weighted by Gasteiger charge is -2.20. The highest BCUT2D eigenvalue weighted by Crippen LogP contribution is 2.27. The van der Waals surface area contributed by atoms with Crippen LogP contribution in [0.1, 0.15) is 36.7 Å². The van der Waals surface area contributed by atoms with Gasteiger partial charge in [-0.25, -0.2) is 14.2 Å². The molecule has 0 atom stereocenters. The van der Waals surface area contributed by atoms with Gasteiger partial charge in [0.25, 0.3) is 5.91 Å². The second-order valence-electron chi connectivity index (χ2n) is 7.15. The zero-order valence-electron chi connectivity index (χ0n) is 15.0. The summed E-state index contributed by atoms with van der Waals surface area (Å²) < 4.78 is 14.1. The topological polar surface area (TPSA) is 57.7 Å². The average Bonchev–Trinajstić information content (AvgIpc) is 2.84. The van der Waals surface area contributed by atoms with E-state index in [4.69, 9.17) is 12.2 Å². The van der Waals surface area contributed by atoms with Crippen LogP contribution in [0.4, 0.5) is 10.1 Å². The van der Waals surface area contributed by atoms with Crippen LogP contribution in [0, 0.1) is 5.82 Å². The molecule has 0 aliphatic carbocycles. The Morgan fingerprint density at radius 3 is 2.11 bits per heavy atom. The predicted octanol–water partition coefficient (Wildman–Crippen LogP) is 3.42. The van der Waals surface area contributed by atoms with Crippen LogP contribution in [0.2, 0.25) is 0 Å². The molecule has 2 aromatic carbocycles. The monoisotopic (exact) mass is 384 g/mol. The van der Waals surface area contributed by atoms with Crippen molar-refractivity contribution in [3.63, 3.8) is 0 Å². The smallest absolute Gasteiger partial charge is 0.268 e. The first-order valence-corrected chi connectivity index (χ1v) is 8.65. The molecule has 0 unspecified atom stereocenters. The number of thiocarbonyl (C=S) groups is 1. The molecule has 0 spiro atoms. The molecule has 27 heavy (non-hydrogen) atoms. The Hall–Kier alpha value is -2.93. The van der Waals surface area contributed by atoms with Crippen molar-refractivity contribution in [2.45, 2.75) is 26.2 Å². The van der Waals surface area contributed by atoms with Crippen LogP contribution in [0.25, 0.3) is 0 Å². The molecule has 1 aliphatic heterocycles. The third-order valence-corrected chi connectivity index (χ3v) is 4.63. The first-order chi connectivity index (χ1) is 12.6. The largest absolute Gasteiger partial charge is 0.326 e. The first kappa shape index (κ1) is 18.8. The number of hydrogen-bond donors (Lipinski definition) is 0. The van der Waals surface area contributed by atoms with Crippen molar-refractivity contribution in [1.82, 2.24) is 4.90 Å². The highest BCUT2D eigenvalue weighted by molar-refractivity contribution is 7.80. The molecule has 7 heteroatoms. The molecule has 5 nitrogen and oxygen atoms in total. The van der Waals surface area contributed by atoms with Crippen LogP contribution >= 0.6 is 12.2 Å². The van der Waals surface area contributed by atoms with Gasteiger partial charge in [-0.2, -0.15) is 0 Å². The van der Waals surface area contributed by atoms with Gasteiger partial charge in [-0.05, 0) is 47.5 Å². The molecule has 1 fully saturated rings. The van der Waals surface area contributed by atoms with Gasteiger partial charge in [-0.1, -0.05) is 45.0 Å². The quantitative estimate of drug-likeness (QED) is 0.452. The fourth-order valence-electron chi connectivity index (χ4n) is 2.73. The predicted molar refractivity (Wildman–Crippen MR) is 103 cm³/mol. The number of carbonyl (C=O) groups is 3. The lowest BCUT2D eigenvalue weighted by molar-refractivity contribution is -0.138. The van der Waals surface area contributed by atoms with Gasteiger partial charge in [0.1, 0.15) is 5.82 Å². The molecule has 3 rings (SSSR count). The molecule has 0 aromatic heterocycles. The third-order valence-electron chi connectivity index (χ3n) is 4.27. The summed E-state index contributed by atoms with van der Waals surface area (Å²) in [6.45, 7) is 6.11. The van der Waals surface area contributed by atoms with Crippen LogP contribution in [0.15, 0.2) is 48.5 Å². The van der Waals surface area contributed by atoms with E-state index in [1.54, 1.807) is 24.3 Å². The van der Waals surface area contributed by atoms with Gasteiger partial charge in [0.15, 0.2) is 5.11 Å². The van der Waals surface area contributed by atoms with E-state index in [0.29, 0.717) is 4.90 Å². The average molecular weight is 384 g/mol. The van der Waals surface area contributed by atoms with Gasteiger partial charge in [0.05, 0.1) is 5.69 Å². The van der Waals surface area contributed by atoms with Crippen molar-refractivity contribution < 1.29 is 18.8 Å². The van der Waals surface area contributed by atoms with Crippen molar-refractivity contribution in [1.29, 1.82) is 0 Å². The van der Waals surface area contributed by atoms with Crippen LogP contribution in [0.3, 0.4) is 0 Å². The Bertz CT molecular complexity index is 964. The van der Waals surface area contributed by atoms with E-state index < -0.39 is 23.5 Å². The molecular formula is C20H17FN2O3S. The molecule has 1 saturated heterocycles. The fraction of sp³-hybridized carbons (Fsp3) is 0.200. The van der Waals surface area contributed by atoms with Gasteiger partial charge in [0, 0.05) is 5.56 Å². The molecule has 1 aliphatic rings. The normalized spacial score (nSPS) is 14.9. The van der Waals surface area contributed by atoms with E-state index >= 15 is 0 Å². The number of carbonyl (C=O) groups excluding carboxylic acids is 3. The lowest BCUT2D eigenvalue weighted by Crippen LogP contribution is -2.38. The summed E-state index contributed by atoms with van der Waals surface area (Å²) in [5.41, 5.74) is 0.956. The van der Waals surface area contributed by atoms with Crippen LogP contribution in [0.5, 0.6) is 0 Å². The Morgan fingerprint density at radius 1 is 0.963 bits per heavy atom. The Kier molecular flexibility index (Phi) is 4.65. The van der Waals surface area contributed by atoms with Gasteiger partial charge < -0.3 is 0 Å². The maximum Gasteiger partial charge on any atom is 0.326 e. The molecule has 0 N–H and O–H groups in total. The maximum absolute atomic E-state index is 14.1.